The molecule has 16 aromatic rings. The SMILES string of the molecule is c1ccc2c(c#1)c1ccccc1n2-c1ccc2c(c1)C1(c3cc(-n4c5ccccc5c5ccccc54)ccc3-2)c2cc(-n3c4ccccc4c4ccccc43)ccc2-c2ccc(-n3c4ccccc4c4ccccc43)cc21. The lowest BCUT2D eigenvalue weighted by molar-refractivity contribution is 0.789. The zero-order valence-electron chi connectivity index (χ0n) is 41.5. The average Bonchev–Trinajstić information content (AvgIpc) is 4.47. The quantitative estimate of drug-likeness (QED) is 0.167. The van der Waals surface area contributed by atoms with E-state index in [1.54, 1.807) is 0 Å². The second kappa shape index (κ2) is 14.9. The summed E-state index contributed by atoms with van der Waals surface area (Å²) in [6.45, 7) is 0. The number of rotatable bonds is 4. The van der Waals surface area contributed by atoms with Gasteiger partial charge in [0, 0.05) is 60.5 Å². The molecule has 12 aromatic carbocycles. The Balaban J connectivity index is 0.999. The van der Waals surface area contributed by atoms with Crippen LogP contribution in [0.15, 0.2) is 255 Å². The van der Waals surface area contributed by atoms with Gasteiger partial charge >= 0.3 is 0 Å². The predicted octanol–water partition coefficient (Wildman–Crippen LogP) is 18.0. The summed E-state index contributed by atoms with van der Waals surface area (Å²) in [6, 6.07) is 102. The van der Waals surface area contributed by atoms with Crippen molar-refractivity contribution in [3.05, 3.63) is 289 Å². The molecule has 0 radical (unpaired) electrons. The van der Waals surface area contributed by atoms with Crippen molar-refractivity contribution >= 4 is 87.2 Å². The van der Waals surface area contributed by atoms with Crippen LogP contribution in [0, 0.1) is 12.1 Å². The van der Waals surface area contributed by atoms with Crippen LogP contribution < -0.4 is 0 Å². The molecule has 4 heterocycles. The fourth-order valence-corrected chi connectivity index (χ4v) is 14.4. The van der Waals surface area contributed by atoms with E-state index in [1.165, 1.54) is 110 Å². The lowest BCUT2D eigenvalue weighted by Crippen LogP contribution is -2.27. The Kier molecular flexibility index (Phi) is 7.95. The van der Waals surface area contributed by atoms with Crippen molar-refractivity contribution in [1.82, 2.24) is 18.3 Å². The lowest BCUT2D eigenvalue weighted by Gasteiger charge is -2.32. The minimum absolute atomic E-state index is 0.775. The van der Waals surface area contributed by atoms with Gasteiger partial charge in [-0.05, 0) is 148 Å². The molecule has 4 nitrogen and oxygen atoms in total. The Morgan fingerprint density at radius 3 is 0.818 bits per heavy atom. The van der Waals surface area contributed by atoms with Gasteiger partial charge in [-0.25, -0.2) is 0 Å². The van der Waals surface area contributed by atoms with Gasteiger partial charge in [0.1, 0.15) is 0 Å². The van der Waals surface area contributed by atoms with E-state index in [1.807, 2.05) is 6.07 Å². The van der Waals surface area contributed by atoms with E-state index in [2.05, 4.69) is 279 Å². The first-order valence-corrected chi connectivity index (χ1v) is 26.6. The van der Waals surface area contributed by atoms with Gasteiger partial charge in [0.2, 0.25) is 0 Å². The number of fused-ring (bicyclic) bond motifs is 22. The minimum atomic E-state index is -0.775. The van der Waals surface area contributed by atoms with Crippen LogP contribution in [0.3, 0.4) is 0 Å². The number of para-hydroxylation sites is 7. The summed E-state index contributed by atoms with van der Waals surface area (Å²) in [4.78, 5) is 0. The van der Waals surface area contributed by atoms with E-state index in [9.17, 15) is 0 Å². The molecule has 2 aliphatic rings. The average molecular weight is 975 g/mol. The molecule has 0 N–H and O–H groups in total. The Labute approximate surface area is 442 Å². The van der Waals surface area contributed by atoms with Gasteiger partial charge in [-0.2, -0.15) is 0 Å². The summed E-state index contributed by atoms with van der Waals surface area (Å²) < 4.78 is 9.89. The van der Waals surface area contributed by atoms with E-state index in [0.717, 1.165) is 44.6 Å². The fraction of sp³-hybridized carbons (Fsp3) is 0.0137. The number of nitrogens with zero attached hydrogens (tertiary/aromatic N) is 4. The van der Waals surface area contributed by atoms with Crippen molar-refractivity contribution in [3.8, 4) is 45.0 Å². The first-order chi connectivity index (χ1) is 38.2. The molecule has 0 saturated carbocycles. The third kappa shape index (κ3) is 5.23. The second-order valence-corrected chi connectivity index (χ2v) is 21.0. The zero-order valence-corrected chi connectivity index (χ0v) is 41.5. The van der Waals surface area contributed by atoms with Crippen LogP contribution in [0.25, 0.3) is 132 Å². The molecule has 0 aliphatic heterocycles. The number of hydrogen-bond donors (Lipinski definition) is 0. The largest absolute Gasteiger partial charge is 0.309 e. The van der Waals surface area contributed by atoms with Crippen LogP contribution in [-0.2, 0) is 5.41 Å². The smallest absolute Gasteiger partial charge is 0.0728 e. The maximum atomic E-state index is 3.51. The molecular weight excluding hydrogens is 933 g/mol. The van der Waals surface area contributed by atoms with Crippen molar-refractivity contribution in [2.24, 2.45) is 0 Å². The van der Waals surface area contributed by atoms with E-state index in [4.69, 9.17) is 0 Å². The number of aromatic nitrogens is 4. The summed E-state index contributed by atoms with van der Waals surface area (Å²) in [5, 5.41) is 9.71. The summed E-state index contributed by atoms with van der Waals surface area (Å²) in [6.07, 6.45) is 0. The topological polar surface area (TPSA) is 19.7 Å². The summed E-state index contributed by atoms with van der Waals surface area (Å²) in [7, 11) is 0. The van der Waals surface area contributed by atoms with Crippen LogP contribution in [0.5, 0.6) is 0 Å². The van der Waals surface area contributed by atoms with Gasteiger partial charge in [0.15, 0.2) is 0 Å². The molecule has 4 heteroatoms. The van der Waals surface area contributed by atoms with Gasteiger partial charge in [0.25, 0.3) is 0 Å². The molecular formula is C73H42N4. The molecule has 4 aromatic heterocycles. The monoisotopic (exact) mass is 974 g/mol. The van der Waals surface area contributed by atoms with Crippen molar-refractivity contribution < 1.29 is 0 Å². The van der Waals surface area contributed by atoms with E-state index in [-0.39, 0.29) is 0 Å². The highest BCUT2D eigenvalue weighted by Gasteiger charge is 2.52. The molecule has 0 bridgehead atoms. The van der Waals surface area contributed by atoms with Gasteiger partial charge in [0.05, 0.1) is 54.9 Å². The van der Waals surface area contributed by atoms with Gasteiger partial charge < -0.3 is 18.3 Å². The first kappa shape index (κ1) is 41.1. The highest BCUT2D eigenvalue weighted by Crippen LogP contribution is 2.64. The van der Waals surface area contributed by atoms with E-state index >= 15 is 0 Å². The molecule has 77 heavy (non-hydrogen) atoms. The molecule has 2 aliphatic carbocycles. The van der Waals surface area contributed by atoms with Crippen molar-refractivity contribution in [3.63, 3.8) is 0 Å². The fourth-order valence-electron chi connectivity index (χ4n) is 14.4. The number of benzene rings is 11. The Hall–Kier alpha value is -10.3. The summed E-state index contributed by atoms with van der Waals surface area (Å²) >= 11 is 0. The third-order valence-corrected chi connectivity index (χ3v) is 17.4. The Morgan fingerprint density at radius 1 is 0.247 bits per heavy atom. The van der Waals surface area contributed by atoms with Crippen LogP contribution in [0.2, 0.25) is 0 Å². The van der Waals surface area contributed by atoms with E-state index in [0.29, 0.717) is 0 Å². The molecule has 0 unspecified atom stereocenters. The van der Waals surface area contributed by atoms with Crippen LogP contribution in [0.4, 0.5) is 0 Å². The Morgan fingerprint density at radius 2 is 0.506 bits per heavy atom. The van der Waals surface area contributed by atoms with Crippen molar-refractivity contribution in [2.75, 3.05) is 0 Å². The van der Waals surface area contributed by atoms with Gasteiger partial charge in [-0.15, -0.1) is 0 Å². The Bertz CT molecular complexity index is 4370. The van der Waals surface area contributed by atoms with Gasteiger partial charge in [-0.3, -0.25) is 0 Å². The molecule has 1 spiro atoms. The maximum Gasteiger partial charge on any atom is 0.0728 e. The zero-order chi connectivity index (χ0) is 50.1. The van der Waals surface area contributed by atoms with Crippen LogP contribution in [-0.4, -0.2) is 18.3 Å². The third-order valence-electron chi connectivity index (χ3n) is 17.4. The normalized spacial score (nSPS) is 13.2. The second-order valence-electron chi connectivity index (χ2n) is 21.0. The number of hydrogen-bond acceptors (Lipinski definition) is 0. The minimum Gasteiger partial charge on any atom is -0.309 e. The molecule has 0 amide bonds. The molecule has 0 atom stereocenters. The van der Waals surface area contributed by atoms with Crippen molar-refractivity contribution in [1.29, 1.82) is 0 Å². The molecule has 0 saturated heterocycles. The molecule has 354 valence electrons. The lowest BCUT2D eigenvalue weighted by atomic mass is 9.70. The standard InChI is InChI=1S/C73H42N4/c1-9-25-65-53(17-1)54-18-2-10-26-66(54)74(65)45-33-37-49-50-38-34-46(75-67-27-11-3-19-55(67)56-20-4-12-28-68(56)75)42-62(50)73(61(49)41-45)63-43-47(76-69-29-13-5-21-57(69)58-22-6-14-30-70(58)76)35-39-51(63)52-40-36-48(44-64(52)73)77-71-31-15-7-23-59(71)60-24-8-16-32-72(60)77/h1-7,9-23,25-44H. The van der Waals surface area contributed by atoms with Crippen molar-refractivity contribution in [2.45, 2.75) is 5.41 Å². The summed E-state index contributed by atoms with van der Waals surface area (Å²) in [5.41, 5.74) is 23.2. The highest BCUT2D eigenvalue weighted by molar-refractivity contribution is 6.13. The summed E-state index contributed by atoms with van der Waals surface area (Å²) in [5.74, 6) is 0. The van der Waals surface area contributed by atoms with E-state index < -0.39 is 5.41 Å². The molecule has 0 fully saturated rings. The molecule has 18 rings (SSSR count). The van der Waals surface area contributed by atoms with Gasteiger partial charge in [-0.1, -0.05) is 164 Å². The predicted molar refractivity (Wildman–Crippen MR) is 318 cm³/mol. The highest BCUT2D eigenvalue weighted by atomic mass is 15.0. The first-order valence-electron chi connectivity index (χ1n) is 26.6. The maximum absolute atomic E-state index is 3.51. The van der Waals surface area contributed by atoms with Crippen LogP contribution >= 0.6 is 0 Å². The van der Waals surface area contributed by atoms with Crippen LogP contribution in [0.1, 0.15) is 22.3 Å².